The van der Waals surface area contributed by atoms with Crippen molar-refractivity contribution in [2.45, 2.75) is 32.4 Å². The minimum atomic E-state index is -0.259. The summed E-state index contributed by atoms with van der Waals surface area (Å²) >= 11 is 0. The number of carbonyl (C=O) groups is 1. The first kappa shape index (κ1) is 19.1. The van der Waals surface area contributed by atoms with Crippen molar-refractivity contribution in [3.63, 3.8) is 0 Å². The Morgan fingerprint density at radius 3 is 2.59 bits per heavy atom. The lowest BCUT2D eigenvalue weighted by Gasteiger charge is -2.29. The van der Waals surface area contributed by atoms with E-state index in [0.29, 0.717) is 23.9 Å². The van der Waals surface area contributed by atoms with Gasteiger partial charge in [-0.3, -0.25) is 4.79 Å². The standard InChI is InChI=1S/C20H25FN4O2/c1-14(26)23-18-7-8-19(22-13-15-3-5-16(21)6-4-15)24-20(18)27-17-9-11-25(2)12-10-17/h3-8,17H,9-13H2,1-2H3,(H,22,24)(H,23,26). The maximum absolute atomic E-state index is 13.0. The van der Waals surface area contributed by atoms with Gasteiger partial charge in [0.05, 0.1) is 0 Å². The summed E-state index contributed by atoms with van der Waals surface area (Å²) in [6.45, 7) is 3.92. The fraction of sp³-hybridized carbons (Fsp3) is 0.400. The molecule has 2 heterocycles. The molecule has 1 aromatic heterocycles. The van der Waals surface area contributed by atoms with E-state index >= 15 is 0 Å². The summed E-state index contributed by atoms with van der Waals surface area (Å²) in [6.07, 6.45) is 1.92. The highest BCUT2D eigenvalue weighted by Gasteiger charge is 2.20. The van der Waals surface area contributed by atoms with Crippen molar-refractivity contribution < 1.29 is 13.9 Å². The number of benzene rings is 1. The zero-order chi connectivity index (χ0) is 19.2. The van der Waals surface area contributed by atoms with Gasteiger partial charge >= 0.3 is 0 Å². The number of piperidine rings is 1. The van der Waals surface area contributed by atoms with Gasteiger partial charge in [-0.1, -0.05) is 12.1 Å². The molecule has 144 valence electrons. The lowest BCUT2D eigenvalue weighted by atomic mass is 10.1. The molecule has 0 unspecified atom stereocenters. The first-order chi connectivity index (χ1) is 13.0. The number of likely N-dealkylation sites (tertiary alicyclic amines) is 1. The number of hydrogen-bond donors (Lipinski definition) is 2. The van der Waals surface area contributed by atoms with Crippen molar-refractivity contribution >= 4 is 17.4 Å². The van der Waals surface area contributed by atoms with E-state index in [1.165, 1.54) is 19.1 Å². The smallest absolute Gasteiger partial charge is 0.240 e. The number of hydrogen-bond acceptors (Lipinski definition) is 5. The third-order valence-corrected chi connectivity index (χ3v) is 4.50. The topological polar surface area (TPSA) is 66.5 Å². The number of halogens is 1. The molecule has 0 radical (unpaired) electrons. The van der Waals surface area contributed by atoms with Crippen molar-refractivity contribution in [3.05, 3.63) is 47.8 Å². The molecule has 1 fully saturated rings. The summed E-state index contributed by atoms with van der Waals surface area (Å²) in [4.78, 5) is 18.3. The van der Waals surface area contributed by atoms with Crippen LogP contribution in [0, 0.1) is 5.82 Å². The number of amides is 1. The Morgan fingerprint density at radius 1 is 1.22 bits per heavy atom. The van der Waals surface area contributed by atoms with Crippen molar-refractivity contribution in [1.29, 1.82) is 0 Å². The Balaban J connectivity index is 1.71. The first-order valence-electron chi connectivity index (χ1n) is 9.12. The third-order valence-electron chi connectivity index (χ3n) is 4.50. The Bertz CT molecular complexity index is 774. The molecule has 0 spiro atoms. The number of nitrogens with one attached hydrogen (secondary N) is 2. The van der Waals surface area contributed by atoms with Crippen LogP contribution in [0.2, 0.25) is 0 Å². The SMILES string of the molecule is CC(=O)Nc1ccc(NCc2ccc(F)cc2)nc1OC1CCN(C)CC1. The van der Waals surface area contributed by atoms with E-state index in [4.69, 9.17) is 4.74 Å². The molecule has 0 bridgehead atoms. The lowest BCUT2D eigenvalue weighted by molar-refractivity contribution is -0.114. The molecule has 0 saturated carbocycles. The van der Waals surface area contributed by atoms with E-state index in [1.54, 1.807) is 24.3 Å². The van der Waals surface area contributed by atoms with Gasteiger partial charge in [-0.05, 0) is 49.7 Å². The summed E-state index contributed by atoms with van der Waals surface area (Å²) < 4.78 is 19.1. The number of rotatable bonds is 6. The van der Waals surface area contributed by atoms with E-state index in [0.717, 1.165) is 31.5 Å². The highest BCUT2D eigenvalue weighted by Crippen LogP contribution is 2.27. The molecule has 2 aromatic rings. The Hall–Kier alpha value is -2.67. The van der Waals surface area contributed by atoms with Crippen LogP contribution in [0.5, 0.6) is 5.88 Å². The maximum Gasteiger partial charge on any atom is 0.240 e. The number of ether oxygens (including phenoxy) is 1. The van der Waals surface area contributed by atoms with Crippen molar-refractivity contribution in [2.24, 2.45) is 0 Å². The summed E-state index contributed by atoms with van der Waals surface area (Å²) in [5.74, 6) is 0.627. The molecular formula is C20H25FN4O2. The molecule has 3 rings (SSSR count). The van der Waals surface area contributed by atoms with Crippen LogP contribution in [0.3, 0.4) is 0 Å². The second-order valence-electron chi connectivity index (χ2n) is 6.83. The number of pyridine rings is 1. The van der Waals surface area contributed by atoms with Crippen molar-refractivity contribution in [1.82, 2.24) is 9.88 Å². The summed E-state index contributed by atoms with van der Waals surface area (Å²) in [7, 11) is 2.09. The van der Waals surface area contributed by atoms with Crippen LogP contribution in [0.1, 0.15) is 25.3 Å². The van der Waals surface area contributed by atoms with E-state index in [1.807, 2.05) is 0 Å². The predicted octanol–water partition coefficient (Wildman–Crippen LogP) is 3.26. The molecule has 1 aliphatic rings. The highest BCUT2D eigenvalue weighted by atomic mass is 19.1. The summed E-state index contributed by atoms with van der Waals surface area (Å²) in [6, 6.07) is 9.88. The molecular weight excluding hydrogens is 347 g/mol. The number of anilines is 2. The van der Waals surface area contributed by atoms with Gasteiger partial charge in [0.25, 0.3) is 0 Å². The molecule has 1 aromatic carbocycles. The number of aromatic nitrogens is 1. The minimum Gasteiger partial charge on any atom is -0.473 e. The first-order valence-corrected chi connectivity index (χ1v) is 9.12. The Kier molecular flexibility index (Phi) is 6.24. The van der Waals surface area contributed by atoms with Gasteiger partial charge in [0.2, 0.25) is 11.8 Å². The molecule has 0 aliphatic carbocycles. The third kappa shape index (κ3) is 5.65. The average molecular weight is 372 g/mol. The van der Waals surface area contributed by atoms with Crippen molar-refractivity contribution in [3.8, 4) is 5.88 Å². The normalized spacial score (nSPS) is 15.4. The molecule has 1 saturated heterocycles. The highest BCUT2D eigenvalue weighted by molar-refractivity contribution is 5.90. The monoisotopic (exact) mass is 372 g/mol. The van der Waals surface area contributed by atoms with Crippen LogP contribution in [-0.4, -0.2) is 42.0 Å². The Labute approximate surface area is 158 Å². The molecule has 1 amide bonds. The maximum atomic E-state index is 13.0. The zero-order valence-corrected chi connectivity index (χ0v) is 15.7. The second kappa shape index (κ2) is 8.81. The molecule has 0 atom stereocenters. The quantitative estimate of drug-likeness (QED) is 0.815. The number of nitrogens with zero attached hydrogens (tertiary/aromatic N) is 2. The summed E-state index contributed by atoms with van der Waals surface area (Å²) in [5.41, 5.74) is 1.51. The minimum absolute atomic E-state index is 0.0774. The molecule has 2 N–H and O–H groups in total. The van der Waals surface area contributed by atoms with Crippen LogP contribution in [0.25, 0.3) is 0 Å². The van der Waals surface area contributed by atoms with E-state index in [9.17, 15) is 9.18 Å². The van der Waals surface area contributed by atoms with Crippen LogP contribution >= 0.6 is 0 Å². The van der Waals surface area contributed by atoms with Gasteiger partial charge in [-0.15, -0.1) is 0 Å². The van der Waals surface area contributed by atoms with E-state index < -0.39 is 0 Å². The fourth-order valence-electron chi connectivity index (χ4n) is 2.97. The van der Waals surface area contributed by atoms with Gasteiger partial charge in [-0.2, -0.15) is 4.98 Å². The van der Waals surface area contributed by atoms with Gasteiger partial charge in [0.1, 0.15) is 23.4 Å². The fourth-order valence-corrected chi connectivity index (χ4v) is 2.97. The lowest BCUT2D eigenvalue weighted by Crippen LogP contribution is -2.36. The van der Waals surface area contributed by atoms with E-state index in [-0.39, 0.29) is 17.8 Å². The van der Waals surface area contributed by atoms with Crippen LogP contribution in [0.15, 0.2) is 36.4 Å². The average Bonchev–Trinajstić information content (AvgIpc) is 2.64. The van der Waals surface area contributed by atoms with Gasteiger partial charge in [0.15, 0.2) is 0 Å². The van der Waals surface area contributed by atoms with Crippen LogP contribution in [0.4, 0.5) is 15.9 Å². The van der Waals surface area contributed by atoms with Gasteiger partial charge in [0, 0.05) is 26.6 Å². The van der Waals surface area contributed by atoms with Crippen LogP contribution in [-0.2, 0) is 11.3 Å². The molecule has 7 heteroatoms. The largest absolute Gasteiger partial charge is 0.473 e. The zero-order valence-electron chi connectivity index (χ0n) is 15.7. The van der Waals surface area contributed by atoms with Crippen molar-refractivity contribution in [2.75, 3.05) is 30.8 Å². The Morgan fingerprint density at radius 2 is 1.93 bits per heavy atom. The number of carbonyl (C=O) groups excluding carboxylic acids is 1. The summed E-state index contributed by atoms with van der Waals surface area (Å²) in [5, 5.41) is 5.98. The van der Waals surface area contributed by atoms with E-state index in [2.05, 4.69) is 27.6 Å². The molecule has 6 nitrogen and oxygen atoms in total. The van der Waals surface area contributed by atoms with Crippen LogP contribution < -0.4 is 15.4 Å². The van der Waals surface area contributed by atoms with Gasteiger partial charge < -0.3 is 20.3 Å². The molecule has 1 aliphatic heterocycles. The second-order valence-corrected chi connectivity index (χ2v) is 6.83. The van der Waals surface area contributed by atoms with Gasteiger partial charge in [-0.25, -0.2) is 4.39 Å². The molecule has 27 heavy (non-hydrogen) atoms. The predicted molar refractivity (Wildman–Crippen MR) is 103 cm³/mol.